The quantitative estimate of drug-likeness (QED) is 0.814. The van der Waals surface area contributed by atoms with E-state index >= 15 is 0 Å². The standard InChI is InChI=1S/C17H18F2N6O2/c18-13-4-3-11(8-14(13)19)25-7-5-12(17(25)27)16(26)24-6-1-2-10(9-24)15-20-22-23-21-15/h3-4,8,10,12H,1-2,5-7,9H2,(H,20,21,22,23)/t10-,12+/m0/s1. The number of hydrogen-bond donors (Lipinski definition) is 1. The van der Waals surface area contributed by atoms with Gasteiger partial charge in [-0.1, -0.05) is 5.21 Å². The van der Waals surface area contributed by atoms with Gasteiger partial charge in [0.15, 0.2) is 17.5 Å². The molecule has 0 radical (unpaired) electrons. The highest BCUT2D eigenvalue weighted by Gasteiger charge is 2.41. The second-order valence-electron chi connectivity index (χ2n) is 6.82. The molecule has 27 heavy (non-hydrogen) atoms. The van der Waals surface area contributed by atoms with Crippen molar-refractivity contribution >= 4 is 17.5 Å². The van der Waals surface area contributed by atoms with Gasteiger partial charge in [0.05, 0.1) is 0 Å². The first-order chi connectivity index (χ1) is 13.0. The van der Waals surface area contributed by atoms with Crippen molar-refractivity contribution in [3.05, 3.63) is 35.7 Å². The van der Waals surface area contributed by atoms with Crippen LogP contribution in [-0.2, 0) is 9.59 Å². The maximum atomic E-state index is 13.5. The topological polar surface area (TPSA) is 95.1 Å². The lowest BCUT2D eigenvalue weighted by atomic mass is 9.95. The van der Waals surface area contributed by atoms with Crippen LogP contribution in [0.1, 0.15) is 31.0 Å². The first kappa shape index (κ1) is 17.5. The number of H-pyrrole nitrogens is 1. The molecule has 0 spiro atoms. The first-order valence-corrected chi connectivity index (χ1v) is 8.83. The van der Waals surface area contributed by atoms with Gasteiger partial charge >= 0.3 is 0 Å². The fourth-order valence-corrected chi connectivity index (χ4v) is 3.77. The van der Waals surface area contributed by atoms with Crippen molar-refractivity contribution in [1.29, 1.82) is 0 Å². The number of carbonyl (C=O) groups is 2. The van der Waals surface area contributed by atoms with Crippen LogP contribution in [0.15, 0.2) is 18.2 Å². The molecule has 3 heterocycles. The number of aromatic nitrogens is 4. The van der Waals surface area contributed by atoms with E-state index in [1.165, 1.54) is 11.0 Å². The molecule has 1 N–H and O–H groups in total. The fraction of sp³-hybridized carbons (Fsp3) is 0.471. The van der Waals surface area contributed by atoms with E-state index in [4.69, 9.17) is 0 Å². The summed E-state index contributed by atoms with van der Waals surface area (Å²) in [7, 11) is 0. The lowest BCUT2D eigenvalue weighted by molar-refractivity contribution is -0.140. The van der Waals surface area contributed by atoms with Gasteiger partial charge in [-0.15, -0.1) is 10.2 Å². The summed E-state index contributed by atoms with van der Waals surface area (Å²) in [6, 6.07) is 3.30. The van der Waals surface area contributed by atoms with Crippen LogP contribution >= 0.6 is 0 Å². The maximum Gasteiger partial charge on any atom is 0.239 e. The molecule has 10 heteroatoms. The van der Waals surface area contributed by atoms with Crippen molar-refractivity contribution in [1.82, 2.24) is 25.5 Å². The second kappa shape index (κ2) is 7.01. The fourth-order valence-electron chi connectivity index (χ4n) is 3.77. The third-order valence-corrected chi connectivity index (χ3v) is 5.18. The van der Waals surface area contributed by atoms with E-state index < -0.39 is 17.6 Å². The zero-order valence-corrected chi connectivity index (χ0v) is 14.4. The zero-order valence-electron chi connectivity index (χ0n) is 14.4. The molecule has 2 amide bonds. The predicted octanol–water partition coefficient (Wildman–Crippen LogP) is 1.24. The van der Waals surface area contributed by atoms with Crippen LogP contribution in [0.3, 0.4) is 0 Å². The Morgan fingerprint density at radius 2 is 2.04 bits per heavy atom. The summed E-state index contributed by atoms with van der Waals surface area (Å²) in [5.41, 5.74) is 0.262. The van der Waals surface area contributed by atoms with E-state index in [-0.39, 0.29) is 23.4 Å². The van der Waals surface area contributed by atoms with Crippen LogP contribution in [0, 0.1) is 17.6 Å². The normalized spacial score (nSPS) is 23.1. The van der Waals surface area contributed by atoms with E-state index in [0.29, 0.717) is 31.9 Å². The Bertz CT molecular complexity index is 859. The minimum absolute atomic E-state index is 0.0137. The van der Waals surface area contributed by atoms with Gasteiger partial charge in [0.2, 0.25) is 11.8 Å². The van der Waals surface area contributed by atoms with Crippen molar-refractivity contribution in [3.8, 4) is 0 Å². The van der Waals surface area contributed by atoms with Gasteiger partial charge < -0.3 is 9.80 Å². The van der Waals surface area contributed by atoms with Crippen molar-refractivity contribution in [3.63, 3.8) is 0 Å². The second-order valence-corrected chi connectivity index (χ2v) is 6.82. The highest BCUT2D eigenvalue weighted by atomic mass is 19.2. The van der Waals surface area contributed by atoms with Gasteiger partial charge in [0, 0.05) is 37.3 Å². The summed E-state index contributed by atoms with van der Waals surface area (Å²) in [4.78, 5) is 28.6. The molecule has 0 bridgehead atoms. The zero-order chi connectivity index (χ0) is 19.0. The Labute approximate surface area is 153 Å². The third kappa shape index (κ3) is 3.26. The van der Waals surface area contributed by atoms with Crippen molar-refractivity contribution in [2.75, 3.05) is 24.5 Å². The number of likely N-dealkylation sites (tertiary alicyclic amines) is 1. The molecule has 2 saturated heterocycles. The predicted molar refractivity (Wildman–Crippen MR) is 89.6 cm³/mol. The molecule has 2 aliphatic heterocycles. The Hall–Kier alpha value is -2.91. The van der Waals surface area contributed by atoms with E-state index in [0.717, 1.165) is 25.0 Å². The molecule has 2 aliphatic rings. The molecule has 0 unspecified atom stereocenters. The first-order valence-electron chi connectivity index (χ1n) is 8.83. The van der Waals surface area contributed by atoms with Gasteiger partial charge in [-0.05, 0) is 31.4 Å². The number of nitrogens with zero attached hydrogens (tertiary/aromatic N) is 5. The Morgan fingerprint density at radius 1 is 1.19 bits per heavy atom. The molecule has 0 aliphatic carbocycles. The number of carbonyl (C=O) groups excluding carboxylic acids is 2. The summed E-state index contributed by atoms with van der Waals surface area (Å²) in [5.74, 6) is -2.87. The van der Waals surface area contributed by atoms with Crippen molar-refractivity contribution in [2.45, 2.75) is 25.2 Å². The molecule has 2 atom stereocenters. The molecule has 1 aromatic heterocycles. The minimum atomic E-state index is -1.02. The number of nitrogens with one attached hydrogen (secondary N) is 1. The van der Waals surface area contributed by atoms with Gasteiger partial charge in [-0.3, -0.25) is 9.59 Å². The van der Waals surface area contributed by atoms with Crippen LogP contribution in [-0.4, -0.2) is 57.0 Å². The monoisotopic (exact) mass is 376 g/mol. The van der Waals surface area contributed by atoms with Gasteiger partial charge in [-0.2, -0.15) is 5.21 Å². The highest BCUT2D eigenvalue weighted by molar-refractivity contribution is 6.09. The third-order valence-electron chi connectivity index (χ3n) is 5.18. The summed E-state index contributed by atoms with van der Waals surface area (Å²) < 4.78 is 26.6. The van der Waals surface area contributed by atoms with Crippen LogP contribution in [0.5, 0.6) is 0 Å². The Morgan fingerprint density at radius 3 is 2.78 bits per heavy atom. The molecule has 8 nitrogen and oxygen atoms in total. The largest absolute Gasteiger partial charge is 0.341 e. The lowest BCUT2D eigenvalue weighted by Gasteiger charge is -2.32. The number of aromatic amines is 1. The average Bonchev–Trinajstić information content (AvgIpc) is 3.34. The van der Waals surface area contributed by atoms with E-state index in [1.807, 2.05) is 0 Å². The van der Waals surface area contributed by atoms with Crippen molar-refractivity contribution in [2.24, 2.45) is 5.92 Å². The lowest BCUT2D eigenvalue weighted by Crippen LogP contribution is -2.44. The average molecular weight is 376 g/mol. The van der Waals surface area contributed by atoms with Crippen LogP contribution in [0.4, 0.5) is 14.5 Å². The van der Waals surface area contributed by atoms with Crippen LogP contribution in [0.2, 0.25) is 0 Å². The summed E-state index contributed by atoms with van der Waals surface area (Å²) in [6.45, 7) is 1.30. The number of rotatable bonds is 3. The summed E-state index contributed by atoms with van der Waals surface area (Å²) >= 11 is 0. The minimum Gasteiger partial charge on any atom is -0.341 e. The molecular weight excluding hydrogens is 358 g/mol. The molecule has 2 aromatic rings. The van der Waals surface area contributed by atoms with Crippen LogP contribution < -0.4 is 4.90 Å². The SMILES string of the molecule is O=C([C@H]1CCN(c2ccc(F)c(F)c2)C1=O)N1CCC[C@H](c2nn[nH]n2)C1. The number of tetrazole rings is 1. The van der Waals surface area contributed by atoms with Gasteiger partial charge in [-0.25, -0.2) is 8.78 Å². The Kier molecular flexibility index (Phi) is 4.54. The summed E-state index contributed by atoms with van der Waals surface area (Å²) in [5, 5.41) is 13.9. The van der Waals surface area contributed by atoms with E-state index in [9.17, 15) is 18.4 Å². The van der Waals surface area contributed by atoms with E-state index in [2.05, 4.69) is 20.6 Å². The highest BCUT2D eigenvalue weighted by Crippen LogP contribution is 2.30. The Balaban J connectivity index is 1.46. The molecule has 1 aromatic carbocycles. The number of halogens is 2. The van der Waals surface area contributed by atoms with Crippen LogP contribution in [0.25, 0.3) is 0 Å². The number of hydrogen-bond acceptors (Lipinski definition) is 5. The summed E-state index contributed by atoms with van der Waals surface area (Å²) in [6.07, 6.45) is 1.99. The molecule has 4 rings (SSSR count). The molecule has 0 saturated carbocycles. The maximum absolute atomic E-state index is 13.5. The number of amides is 2. The number of benzene rings is 1. The number of anilines is 1. The van der Waals surface area contributed by atoms with Gasteiger partial charge in [0.25, 0.3) is 0 Å². The number of piperidine rings is 1. The molecule has 2 fully saturated rings. The molecule has 142 valence electrons. The van der Waals surface area contributed by atoms with Crippen molar-refractivity contribution < 1.29 is 18.4 Å². The van der Waals surface area contributed by atoms with E-state index in [1.54, 1.807) is 4.90 Å². The molecular formula is C17H18F2N6O2. The van der Waals surface area contributed by atoms with Gasteiger partial charge in [0.1, 0.15) is 5.92 Å². The smallest absolute Gasteiger partial charge is 0.239 e.